The van der Waals surface area contributed by atoms with Crippen molar-refractivity contribution >= 4 is 35.3 Å². The quantitative estimate of drug-likeness (QED) is 0.564. The molecule has 4 rings (SSSR count). The molecule has 0 bridgehead atoms. The normalized spacial score (nSPS) is 15.9. The van der Waals surface area contributed by atoms with Crippen molar-refractivity contribution in [2.24, 2.45) is 0 Å². The lowest BCUT2D eigenvalue weighted by molar-refractivity contribution is -0.117. The Balaban J connectivity index is 1.36. The molecule has 1 fully saturated rings. The number of hydrogen-bond acceptors (Lipinski definition) is 7. The van der Waals surface area contributed by atoms with Gasteiger partial charge < -0.3 is 14.1 Å². The second kappa shape index (κ2) is 9.22. The number of carbonyl (C=O) groups is 2. The number of anilines is 2. The van der Waals surface area contributed by atoms with Gasteiger partial charge in [-0.2, -0.15) is 0 Å². The van der Waals surface area contributed by atoms with Crippen LogP contribution in [0.4, 0.5) is 11.7 Å². The summed E-state index contributed by atoms with van der Waals surface area (Å²) in [4.78, 5) is 27.6. The number of rotatable bonds is 7. The van der Waals surface area contributed by atoms with Crippen molar-refractivity contribution in [3.05, 3.63) is 60.0 Å². The molecule has 1 aliphatic rings. The van der Waals surface area contributed by atoms with Gasteiger partial charge in [0.15, 0.2) is 0 Å². The number of methoxy groups -OCH3 is 1. The molecule has 1 N–H and O–H groups in total. The van der Waals surface area contributed by atoms with E-state index in [0.717, 1.165) is 21.9 Å². The molecule has 1 saturated heterocycles. The molecule has 8 nitrogen and oxygen atoms in total. The number of benzene rings is 2. The Kier molecular flexibility index (Phi) is 6.22. The molecule has 0 aliphatic carbocycles. The Morgan fingerprint density at radius 2 is 1.94 bits per heavy atom. The second-order valence-corrected chi connectivity index (χ2v) is 8.00. The predicted octanol–water partition coefficient (Wildman–Crippen LogP) is 3.50. The number of nitrogens with zero attached hydrogens (tertiary/aromatic N) is 3. The number of amides is 2. The predicted molar refractivity (Wildman–Crippen MR) is 118 cm³/mol. The van der Waals surface area contributed by atoms with Crippen molar-refractivity contribution in [1.82, 2.24) is 10.2 Å². The molecular formula is C22H22N4O4S. The smallest absolute Gasteiger partial charge is 0.322 e. The Morgan fingerprint density at radius 3 is 2.61 bits per heavy atom. The molecule has 2 amide bonds. The fraction of sp³-hybridized carbons (Fsp3) is 0.273. The van der Waals surface area contributed by atoms with Crippen molar-refractivity contribution in [2.75, 3.05) is 30.1 Å². The van der Waals surface area contributed by atoms with Crippen molar-refractivity contribution in [3.63, 3.8) is 0 Å². The van der Waals surface area contributed by atoms with Gasteiger partial charge in [0, 0.05) is 23.5 Å². The maximum Gasteiger partial charge on any atom is 0.322 e. The number of hydrogen-bond donors (Lipinski definition) is 1. The van der Waals surface area contributed by atoms with E-state index in [1.165, 1.54) is 0 Å². The zero-order valence-electron chi connectivity index (χ0n) is 17.2. The largest absolute Gasteiger partial charge is 0.497 e. The second-order valence-electron chi connectivity index (χ2n) is 7.12. The Morgan fingerprint density at radius 1 is 1.19 bits per heavy atom. The van der Waals surface area contributed by atoms with Crippen LogP contribution in [-0.4, -0.2) is 41.9 Å². The topological polar surface area (TPSA) is 97.6 Å². The van der Waals surface area contributed by atoms with Crippen molar-refractivity contribution in [2.45, 2.75) is 23.7 Å². The molecule has 3 aromatic rings. The summed E-state index contributed by atoms with van der Waals surface area (Å²) in [5, 5.41) is 10.6. The van der Waals surface area contributed by atoms with Gasteiger partial charge in [-0.25, -0.2) is 0 Å². The summed E-state index contributed by atoms with van der Waals surface area (Å²) in [6.07, 6.45) is 2.46. The standard InChI is InChI=1S/C22H22N4O4S/c1-29-17-7-3-14(4-8-17)11-19(27)23-22-25-24-21(30-22)15-12-20(28)26(13-15)16-5-9-18(31-2)10-6-16/h3-10,15H,11-13H2,1-2H3,(H,23,25,27). The summed E-state index contributed by atoms with van der Waals surface area (Å²) in [6.45, 7) is 0.457. The van der Waals surface area contributed by atoms with Crippen molar-refractivity contribution in [3.8, 4) is 5.75 Å². The molecule has 9 heteroatoms. The highest BCUT2D eigenvalue weighted by atomic mass is 32.2. The van der Waals surface area contributed by atoms with Crippen LogP contribution in [-0.2, 0) is 16.0 Å². The third-order valence-corrected chi connectivity index (χ3v) is 5.81. The van der Waals surface area contributed by atoms with Crippen LogP contribution in [0, 0.1) is 0 Å². The zero-order valence-corrected chi connectivity index (χ0v) is 18.0. The molecule has 31 heavy (non-hydrogen) atoms. The van der Waals surface area contributed by atoms with Gasteiger partial charge in [0.25, 0.3) is 0 Å². The maximum absolute atomic E-state index is 12.5. The lowest BCUT2D eigenvalue weighted by atomic mass is 10.1. The summed E-state index contributed by atoms with van der Waals surface area (Å²) in [6, 6.07) is 15.1. The van der Waals surface area contributed by atoms with Crippen LogP contribution in [0.15, 0.2) is 57.8 Å². The zero-order chi connectivity index (χ0) is 21.8. The van der Waals surface area contributed by atoms with Crippen molar-refractivity contribution < 1.29 is 18.7 Å². The lowest BCUT2D eigenvalue weighted by Gasteiger charge is -2.16. The van der Waals surface area contributed by atoms with Crippen LogP contribution < -0.4 is 15.0 Å². The van der Waals surface area contributed by atoms with Gasteiger partial charge in [-0.05, 0) is 48.2 Å². The highest BCUT2D eigenvalue weighted by molar-refractivity contribution is 7.98. The van der Waals surface area contributed by atoms with Crippen LogP contribution in [0.5, 0.6) is 5.75 Å². The van der Waals surface area contributed by atoms with Gasteiger partial charge >= 0.3 is 6.01 Å². The minimum atomic E-state index is -0.265. The van der Waals surface area contributed by atoms with E-state index in [-0.39, 0.29) is 36.6 Å². The Hall–Kier alpha value is -3.33. The van der Waals surface area contributed by atoms with E-state index in [1.807, 2.05) is 42.7 Å². The van der Waals surface area contributed by atoms with Gasteiger partial charge in [-0.15, -0.1) is 16.9 Å². The molecule has 1 unspecified atom stereocenters. The van der Waals surface area contributed by atoms with Gasteiger partial charge in [0.2, 0.25) is 17.7 Å². The first-order chi connectivity index (χ1) is 15.1. The third kappa shape index (κ3) is 4.88. The van der Waals surface area contributed by atoms with Crippen LogP contribution in [0.2, 0.25) is 0 Å². The van der Waals surface area contributed by atoms with E-state index in [0.29, 0.717) is 12.4 Å². The number of nitrogens with one attached hydrogen (secondary N) is 1. The minimum Gasteiger partial charge on any atom is -0.497 e. The van der Waals surface area contributed by atoms with Gasteiger partial charge in [-0.3, -0.25) is 14.9 Å². The first-order valence-corrected chi connectivity index (χ1v) is 11.0. The monoisotopic (exact) mass is 438 g/mol. The Labute approximate surface area is 184 Å². The summed E-state index contributed by atoms with van der Waals surface area (Å²) in [7, 11) is 1.59. The number of aromatic nitrogens is 2. The SMILES string of the molecule is COc1ccc(CC(=O)Nc2nnc(C3CC(=O)N(c4ccc(SC)cc4)C3)o2)cc1. The van der Waals surface area contributed by atoms with Crippen molar-refractivity contribution in [1.29, 1.82) is 0 Å². The fourth-order valence-corrected chi connectivity index (χ4v) is 3.84. The average molecular weight is 439 g/mol. The van der Waals surface area contributed by atoms with Gasteiger partial charge in [0.1, 0.15) is 5.75 Å². The molecule has 0 spiro atoms. The van der Waals surface area contributed by atoms with Crippen LogP contribution in [0.3, 0.4) is 0 Å². The molecular weight excluding hydrogens is 416 g/mol. The lowest BCUT2D eigenvalue weighted by Crippen LogP contribution is -2.24. The van der Waals surface area contributed by atoms with Crippen LogP contribution in [0.25, 0.3) is 0 Å². The molecule has 0 saturated carbocycles. The molecule has 0 radical (unpaired) electrons. The molecule has 1 aromatic heterocycles. The molecule has 1 atom stereocenters. The number of thioether (sulfide) groups is 1. The van der Waals surface area contributed by atoms with Crippen LogP contribution >= 0.6 is 11.8 Å². The maximum atomic E-state index is 12.5. The fourth-order valence-electron chi connectivity index (χ4n) is 3.43. The van der Waals surface area contributed by atoms with Gasteiger partial charge in [-0.1, -0.05) is 17.2 Å². The summed E-state index contributed by atoms with van der Waals surface area (Å²) in [5.74, 6) is 0.596. The average Bonchev–Trinajstić information content (AvgIpc) is 3.41. The number of carbonyl (C=O) groups excluding carboxylic acids is 2. The van der Waals surface area contributed by atoms with E-state index in [4.69, 9.17) is 9.15 Å². The molecule has 2 aromatic carbocycles. The third-order valence-electron chi connectivity index (χ3n) is 5.07. The van der Waals surface area contributed by atoms with E-state index in [9.17, 15) is 9.59 Å². The highest BCUT2D eigenvalue weighted by Gasteiger charge is 2.35. The molecule has 1 aliphatic heterocycles. The summed E-state index contributed by atoms with van der Waals surface area (Å²) in [5.41, 5.74) is 1.68. The van der Waals surface area contributed by atoms with E-state index < -0.39 is 0 Å². The highest BCUT2D eigenvalue weighted by Crippen LogP contribution is 2.32. The van der Waals surface area contributed by atoms with Crippen LogP contribution in [0.1, 0.15) is 23.8 Å². The molecule has 160 valence electrons. The summed E-state index contributed by atoms with van der Waals surface area (Å²) >= 11 is 1.65. The molecule has 2 heterocycles. The Bertz CT molecular complexity index is 1070. The summed E-state index contributed by atoms with van der Waals surface area (Å²) < 4.78 is 10.7. The first kappa shape index (κ1) is 20.9. The number of ether oxygens (including phenoxy) is 1. The van der Waals surface area contributed by atoms with E-state index >= 15 is 0 Å². The minimum absolute atomic E-state index is 0.00481. The van der Waals surface area contributed by atoms with E-state index in [1.54, 1.807) is 35.9 Å². The first-order valence-electron chi connectivity index (χ1n) is 9.76. The van der Waals surface area contributed by atoms with Gasteiger partial charge in [0.05, 0.1) is 19.4 Å². The van der Waals surface area contributed by atoms with E-state index in [2.05, 4.69) is 15.5 Å².